The van der Waals surface area contributed by atoms with Crippen LogP contribution in [-0.2, 0) is 16.1 Å². The predicted molar refractivity (Wildman–Crippen MR) is 108 cm³/mol. The predicted octanol–water partition coefficient (Wildman–Crippen LogP) is 1.15. The first-order valence-corrected chi connectivity index (χ1v) is 10.2. The van der Waals surface area contributed by atoms with E-state index in [9.17, 15) is 9.59 Å². The lowest BCUT2D eigenvalue weighted by Gasteiger charge is -2.33. The van der Waals surface area contributed by atoms with Gasteiger partial charge in [0.25, 0.3) is 0 Å². The Morgan fingerprint density at radius 2 is 1.93 bits per heavy atom. The molecule has 0 unspecified atom stereocenters. The summed E-state index contributed by atoms with van der Waals surface area (Å²) in [5, 5.41) is 3.95. The average molecular weight is 385 g/mol. The summed E-state index contributed by atoms with van der Waals surface area (Å²) in [6.07, 6.45) is 3.31. The molecule has 6 heteroatoms. The first-order chi connectivity index (χ1) is 13.1. The Kier molecular flexibility index (Phi) is 6.79. The Labute approximate surface area is 164 Å². The van der Waals surface area contributed by atoms with Crippen molar-refractivity contribution < 1.29 is 14.5 Å². The zero-order valence-electron chi connectivity index (χ0n) is 15.6. The van der Waals surface area contributed by atoms with Crippen LogP contribution in [0.3, 0.4) is 0 Å². The smallest absolute Gasteiger partial charge is 0.246 e. The van der Waals surface area contributed by atoms with Gasteiger partial charge in [-0.15, -0.1) is 0 Å². The Bertz CT molecular complexity index is 766. The first-order valence-electron chi connectivity index (χ1n) is 9.22. The van der Waals surface area contributed by atoms with Gasteiger partial charge in [0, 0.05) is 18.7 Å². The van der Waals surface area contributed by atoms with Crippen molar-refractivity contribution in [3.8, 4) is 0 Å². The number of benzene rings is 1. The molecule has 0 spiro atoms. The monoisotopic (exact) mass is 384 g/mol. The van der Waals surface area contributed by atoms with Gasteiger partial charge in [-0.2, -0.15) is 11.3 Å². The molecule has 3 rings (SSSR count). The van der Waals surface area contributed by atoms with Gasteiger partial charge in [0.05, 0.1) is 32.7 Å². The van der Waals surface area contributed by atoms with Crippen LogP contribution in [0.25, 0.3) is 6.08 Å². The maximum atomic E-state index is 12.5. The molecule has 1 aliphatic heterocycles. The molecule has 1 aromatic heterocycles. The number of hydrogen-bond donors (Lipinski definition) is 1. The number of amides is 2. The van der Waals surface area contributed by atoms with Crippen molar-refractivity contribution in [3.63, 3.8) is 0 Å². The van der Waals surface area contributed by atoms with Crippen molar-refractivity contribution in [2.45, 2.75) is 6.54 Å². The van der Waals surface area contributed by atoms with E-state index in [2.05, 4.69) is 24.3 Å². The fourth-order valence-electron chi connectivity index (χ4n) is 3.18. The number of likely N-dealkylation sites (N-methyl/N-ethyl adjacent to an activating group) is 1. The van der Waals surface area contributed by atoms with E-state index >= 15 is 0 Å². The third-order valence-electron chi connectivity index (χ3n) is 4.83. The van der Waals surface area contributed by atoms with Crippen LogP contribution in [0.15, 0.2) is 53.2 Å². The van der Waals surface area contributed by atoms with Gasteiger partial charge in [0.15, 0.2) is 0 Å². The molecule has 142 valence electrons. The lowest BCUT2D eigenvalue weighted by atomic mass is 10.2. The number of nitrogens with zero attached hydrogens (tertiary/aromatic N) is 2. The molecule has 1 fully saturated rings. The van der Waals surface area contributed by atoms with Crippen molar-refractivity contribution in [1.29, 1.82) is 0 Å². The first kappa shape index (κ1) is 19.3. The Morgan fingerprint density at radius 1 is 1.19 bits per heavy atom. The van der Waals surface area contributed by atoms with E-state index in [0.717, 1.165) is 38.3 Å². The molecule has 1 saturated heterocycles. The largest absolute Gasteiger partial charge is 0.333 e. The number of carbonyl (C=O) groups is 2. The summed E-state index contributed by atoms with van der Waals surface area (Å²) in [5.41, 5.74) is 2.33. The number of quaternary nitrogens is 1. The third kappa shape index (κ3) is 5.77. The Balaban J connectivity index is 1.43. The third-order valence-corrected chi connectivity index (χ3v) is 5.53. The van der Waals surface area contributed by atoms with E-state index in [1.54, 1.807) is 24.5 Å². The summed E-state index contributed by atoms with van der Waals surface area (Å²) >= 11 is 1.59. The van der Waals surface area contributed by atoms with Gasteiger partial charge in [-0.05, 0) is 28.5 Å². The van der Waals surface area contributed by atoms with Gasteiger partial charge in [-0.1, -0.05) is 30.3 Å². The lowest BCUT2D eigenvalue weighted by Crippen LogP contribution is -3.13. The number of rotatable bonds is 6. The summed E-state index contributed by atoms with van der Waals surface area (Å²) in [7, 11) is 1.68. The van der Waals surface area contributed by atoms with Gasteiger partial charge in [0.2, 0.25) is 11.8 Å². The van der Waals surface area contributed by atoms with Crippen LogP contribution in [-0.4, -0.2) is 61.4 Å². The topological polar surface area (TPSA) is 45.1 Å². The van der Waals surface area contributed by atoms with Crippen LogP contribution in [0.5, 0.6) is 0 Å². The van der Waals surface area contributed by atoms with E-state index in [1.807, 2.05) is 27.8 Å². The molecule has 1 N–H and O–H groups in total. The molecule has 27 heavy (non-hydrogen) atoms. The highest BCUT2D eigenvalue weighted by Crippen LogP contribution is 2.08. The van der Waals surface area contributed by atoms with Crippen molar-refractivity contribution in [1.82, 2.24) is 9.80 Å². The van der Waals surface area contributed by atoms with Gasteiger partial charge >= 0.3 is 0 Å². The van der Waals surface area contributed by atoms with Gasteiger partial charge in [0.1, 0.15) is 6.54 Å². The molecule has 0 bridgehead atoms. The van der Waals surface area contributed by atoms with Crippen LogP contribution in [0.2, 0.25) is 0 Å². The number of hydrogen-bond acceptors (Lipinski definition) is 3. The van der Waals surface area contributed by atoms with Crippen LogP contribution in [0.1, 0.15) is 11.1 Å². The molecule has 0 saturated carbocycles. The fraction of sp³-hybridized carbons (Fsp3) is 0.333. The summed E-state index contributed by atoms with van der Waals surface area (Å²) in [5.74, 6) is -0.128. The second kappa shape index (κ2) is 9.48. The van der Waals surface area contributed by atoms with Crippen molar-refractivity contribution in [2.24, 2.45) is 0 Å². The zero-order chi connectivity index (χ0) is 19.1. The molecule has 0 atom stereocenters. The minimum atomic E-state index is -0.150. The molecule has 1 aliphatic rings. The number of nitrogens with one attached hydrogen (secondary N) is 1. The maximum Gasteiger partial charge on any atom is 0.246 e. The van der Waals surface area contributed by atoms with Crippen LogP contribution >= 0.6 is 11.3 Å². The molecule has 1 aromatic carbocycles. The lowest BCUT2D eigenvalue weighted by molar-refractivity contribution is -0.917. The normalized spacial score (nSPS) is 15.2. The summed E-state index contributed by atoms with van der Waals surface area (Å²) < 4.78 is 0. The highest BCUT2D eigenvalue weighted by atomic mass is 32.1. The highest BCUT2D eigenvalue weighted by Gasteiger charge is 2.24. The van der Waals surface area contributed by atoms with E-state index in [1.165, 1.54) is 21.4 Å². The maximum absolute atomic E-state index is 12.5. The molecule has 0 aliphatic carbocycles. The fourth-order valence-corrected chi connectivity index (χ4v) is 3.81. The van der Waals surface area contributed by atoms with Gasteiger partial charge in [-0.25, -0.2) is 0 Å². The SMILES string of the molecule is CN(CC(=O)N1CC[NH+](Cc2ccccc2)CC1)C(=O)/C=C/c1ccsc1. The minimum Gasteiger partial charge on any atom is -0.333 e. The van der Waals surface area contributed by atoms with E-state index in [-0.39, 0.29) is 18.4 Å². The van der Waals surface area contributed by atoms with Crippen molar-refractivity contribution in [3.05, 3.63) is 64.4 Å². The Hall–Kier alpha value is -2.44. The van der Waals surface area contributed by atoms with Gasteiger partial charge in [-0.3, -0.25) is 9.59 Å². The minimum absolute atomic E-state index is 0.0218. The van der Waals surface area contributed by atoms with E-state index in [0.29, 0.717) is 0 Å². The Morgan fingerprint density at radius 3 is 2.59 bits per heavy atom. The second-order valence-corrected chi connectivity index (χ2v) is 7.66. The van der Waals surface area contributed by atoms with E-state index < -0.39 is 0 Å². The molecule has 2 aromatic rings. The molecular formula is C21H26N3O2S+. The zero-order valence-corrected chi connectivity index (χ0v) is 16.5. The molecule has 2 amide bonds. The summed E-state index contributed by atoms with van der Waals surface area (Å²) in [6.45, 7) is 4.49. The summed E-state index contributed by atoms with van der Waals surface area (Å²) in [6, 6.07) is 12.4. The average Bonchev–Trinajstić information content (AvgIpc) is 3.21. The van der Waals surface area contributed by atoms with Crippen LogP contribution < -0.4 is 4.90 Å². The highest BCUT2D eigenvalue weighted by molar-refractivity contribution is 7.08. The second-order valence-electron chi connectivity index (χ2n) is 6.88. The molecule has 2 heterocycles. The van der Waals surface area contributed by atoms with Crippen LogP contribution in [0, 0.1) is 0 Å². The molecular weight excluding hydrogens is 358 g/mol. The van der Waals surface area contributed by atoms with Gasteiger partial charge < -0.3 is 14.7 Å². The van der Waals surface area contributed by atoms with Crippen molar-refractivity contribution in [2.75, 3.05) is 39.8 Å². The molecule has 0 radical (unpaired) electrons. The number of thiophene rings is 1. The quantitative estimate of drug-likeness (QED) is 0.760. The van der Waals surface area contributed by atoms with E-state index in [4.69, 9.17) is 0 Å². The molecule has 5 nitrogen and oxygen atoms in total. The summed E-state index contributed by atoms with van der Waals surface area (Å²) in [4.78, 5) is 29.5. The standard InChI is InChI=1S/C21H25N3O2S/c1-22(20(25)8-7-19-9-14-27-17-19)16-21(26)24-12-10-23(11-13-24)15-18-5-3-2-4-6-18/h2-9,14,17H,10-13,15-16H2,1H3/p+1/b8-7+. The van der Waals surface area contributed by atoms with Crippen LogP contribution in [0.4, 0.5) is 0 Å². The number of piperazine rings is 1. The van der Waals surface area contributed by atoms with Crippen molar-refractivity contribution >= 4 is 29.2 Å². The number of carbonyl (C=O) groups excluding carboxylic acids is 2.